The molecule has 0 bridgehead atoms. The van der Waals surface area contributed by atoms with E-state index in [0.29, 0.717) is 36.9 Å². The van der Waals surface area contributed by atoms with Crippen molar-refractivity contribution < 1.29 is 4.79 Å². The van der Waals surface area contributed by atoms with Gasteiger partial charge in [0.2, 0.25) is 5.91 Å². The first-order chi connectivity index (χ1) is 20.6. The Morgan fingerprint density at radius 2 is 1.93 bits per heavy atom. The van der Waals surface area contributed by atoms with Gasteiger partial charge in [-0.05, 0) is 67.7 Å². The van der Waals surface area contributed by atoms with E-state index in [-0.39, 0.29) is 23.6 Å². The monoisotopic (exact) mass is 594 g/mol. The molecule has 4 aromatic rings. The van der Waals surface area contributed by atoms with Gasteiger partial charge in [0.25, 0.3) is 0 Å². The van der Waals surface area contributed by atoms with E-state index in [9.17, 15) is 9.59 Å². The van der Waals surface area contributed by atoms with Crippen LogP contribution in [0.15, 0.2) is 59.0 Å². The van der Waals surface area contributed by atoms with Crippen molar-refractivity contribution in [2.45, 2.75) is 53.0 Å². The van der Waals surface area contributed by atoms with Crippen molar-refractivity contribution in [1.29, 1.82) is 0 Å². The highest BCUT2D eigenvalue weighted by atomic mass is 35.5. The van der Waals surface area contributed by atoms with E-state index >= 15 is 0 Å². The molecule has 220 valence electrons. The largest absolute Gasteiger partial charge is 0.354 e. The second-order valence-electron chi connectivity index (χ2n) is 11.7. The molecule has 0 unspecified atom stereocenters. The summed E-state index contributed by atoms with van der Waals surface area (Å²) < 4.78 is 1.74. The Morgan fingerprint density at radius 3 is 2.65 bits per heavy atom. The van der Waals surface area contributed by atoms with Gasteiger partial charge >= 0.3 is 5.69 Å². The number of aryl methyl sites for hydroxylation is 2. The van der Waals surface area contributed by atoms with Gasteiger partial charge in [-0.3, -0.25) is 19.3 Å². The summed E-state index contributed by atoms with van der Waals surface area (Å²) in [6, 6.07) is 9.84. The first kappa shape index (κ1) is 28.8. The summed E-state index contributed by atoms with van der Waals surface area (Å²) in [6.07, 6.45) is 5.52. The number of hydrogen-bond acceptors (Lipinski definition) is 6. The van der Waals surface area contributed by atoms with Crippen molar-refractivity contribution in [2.24, 2.45) is 4.99 Å². The van der Waals surface area contributed by atoms with Crippen LogP contribution in [-0.4, -0.2) is 57.2 Å². The lowest BCUT2D eigenvalue weighted by Crippen LogP contribution is -2.54. The molecule has 43 heavy (non-hydrogen) atoms. The first-order valence-electron chi connectivity index (χ1n) is 14.7. The highest BCUT2D eigenvalue weighted by Gasteiger charge is 2.32. The minimum atomic E-state index is -0.381. The molecule has 0 spiro atoms. The molecule has 1 fully saturated rings. The van der Waals surface area contributed by atoms with E-state index in [1.807, 2.05) is 44.3 Å². The van der Waals surface area contributed by atoms with Crippen LogP contribution < -0.4 is 10.6 Å². The van der Waals surface area contributed by atoms with Gasteiger partial charge in [-0.15, -0.1) is 0 Å². The van der Waals surface area contributed by atoms with Gasteiger partial charge in [-0.25, -0.2) is 4.79 Å². The lowest BCUT2D eigenvalue weighted by Gasteiger charge is -2.40. The van der Waals surface area contributed by atoms with Crippen molar-refractivity contribution in [2.75, 3.05) is 24.5 Å². The van der Waals surface area contributed by atoms with Crippen LogP contribution in [-0.2, 0) is 11.2 Å². The van der Waals surface area contributed by atoms with E-state index in [0.717, 1.165) is 55.8 Å². The van der Waals surface area contributed by atoms with Crippen molar-refractivity contribution in [3.63, 3.8) is 0 Å². The fourth-order valence-electron chi connectivity index (χ4n) is 6.52. The topological polar surface area (TPSA) is 83.7 Å². The molecule has 0 saturated carbocycles. The zero-order valence-electron chi connectivity index (χ0n) is 25.2. The minimum absolute atomic E-state index is 0.0717. The molecular formula is C34H35ClN6O2. The summed E-state index contributed by atoms with van der Waals surface area (Å²) in [5.74, 6) is 0.537. The lowest BCUT2D eigenvalue weighted by atomic mass is 9.91. The summed E-state index contributed by atoms with van der Waals surface area (Å²) in [7, 11) is 0. The van der Waals surface area contributed by atoms with Gasteiger partial charge in [-0.2, -0.15) is 4.98 Å². The van der Waals surface area contributed by atoms with Crippen LogP contribution in [0.2, 0.25) is 5.02 Å². The van der Waals surface area contributed by atoms with Crippen LogP contribution in [0.5, 0.6) is 0 Å². The molecule has 1 atom stereocenters. The number of amides is 1. The van der Waals surface area contributed by atoms with Crippen LogP contribution in [0, 0.1) is 13.8 Å². The number of anilines is 1. The molecule has 0 N–H and O–H groups in total. The summed E-state index contributed by atoms with van der Waals surface area (Å²) in [6.45, 7) is 15.4. The maximum absolute atomic E-state index is 14.4. The fraction of sp³-hybridized carbons (Fsp3) is 0.324. The number of piperazine rings is 1. The molecular weight excluding hydrogens is 560 g/mol. The quantitative estimate of drug-likeness (QED) is 0.258. The summed E-state index contributed by atoms with van der Waals surface area (Å²) in [4.78, 5) is 44.9. The number of hydrogen-bond donors (Lipinski definition) is 0. The Morgan fingerprint density at radius 1 is 1.14 bits per heavy atom. The summed E-state index contributed by atoms with van der Waals surface area (Å²) >= 11 is 7.21. The molecule has 0 radical (unpaired) electrons. The number of aliphatic imine (C=N–C) groups is 1. The third-order valence-corrected chi connectivity index (χ3v) is 8.85. The number of nitrogens with zero attached hydrogens (tertiary/aromatic N) is 6. The van der Waals surface area contributed by atoms with Crippen LogP contribution in [0.25, 0.3) is 27.7 Å². The van der Waals surface area contributed by atoms with Gasteiger partial charge in [-0.1, -0.05) is 44.2 Å². The number of halogens is 1. The zero-order valence-corrected chi connectivity index (χ0v) is 25.9. The highest BCUT2D eigenvalue weighted by molar-refractivity contribution is 6.35. The average molecular weight is 595 g/mol. The lowest BCUT2D eigenvalue weighted by molar-refractivity contribution is -0.126. The SMILES string of the molecule is C=CC(=O)N1CCN(c2nc(=O)n(-c3c(C)ccnc3C(C)C)c3c4c(c(Cl)cc23)-c2c(C)cccc2N=CC4)[C@@H](C)C1. The number of carbonyl (C=O) groups is 1. The van der Waals surface area contributed by atoms with Gasteiger partial charge in [0.15, 0.2) is 0 Å². The second-order valence-corrected chi connectivity index (χ2v) is 12.1. The van der Waals surface area contributed by atoms with Gasteiger partial charge < -0.3 is 9.80 Å². The molecule has 2 aromatic heterocycles. The number of rotatable bonds is 4. The summed E-state index contributed by atoms with van der Waals surface area (Å²) in [5.41, 5.74) is 7.55. The molecule has 1 amide bonds. The first-order valence-corrected chi connectivity index (χ1v) is 15.0. The number of pyridine rings is 1. The van der Waals surface area contributed by atoms with Gasteiger partial charge in [0.1, 0.15) is 5.82 Å². The van der Waals surface area contributed by atoms with Gasteiger partial charge in [0.05, 0.1) is 22.6 Å². The Labute approximate surface area is 256 Å². The molecule has 2 aliphatic rings. The standard InChI is InChI=1S/C34H35ClN6O2/c1-7-27(42)39-15-16-40(22(6)18-39)33-24-17-25(35)29-23(12-14-36-26-10-8-9-20(4)28(26)29)32(24)41(34(43)38-33)31-21(5)11-13-37-30(31)19(2)3/h7-11,13-14,17,19,22H,1,12,15-16,18H2,2-6H3/t22-/m0/s1. The molecule has 4 heterocycles. The molecule has 1 saturated heterocycles. The second kappa shape index (κ2) is 11.1. The van der Waals surface area contributed by atoms with Crippen molar-refractivity contribution in [3.8, 4) is 16.8 Å². The molecule has 2 aliphatic heterocycles. The number of fused-ring (bicyclic) bond motifs is 5. The molecule has 6 rings (SSSR count). The van der Waals surface area contributed by atoms with Crippen LogP contribution in [0.1, 0.15) is 49.1 Å². The Kier molecular flexibility index (Phi) is 7.42. The number of aromatic nitrogens is 3. The number of carbonyl (C=O) groups excluding carboxylic acids is 1. The zero-order chi connectivity index (χ0) is 30.6. The van der Waals surface area contributed by atoms with Crippen LogP contribution in [0.3, 0.4) is 0 Å². The molecule has 9 heteroatoms. The third kappa shape index (κ3) is 4.74. The maximum Gasteiger partial charge on any atom is 0.354 e. The Hall–Kier alpha value is -4.30. The molecule has 0 aliphatic carbocycles. The highest BCUT2D eigenvalue weighted by Crippen LogP contribution is 2.46. The summed E-state index contributed by atoms with van der Waals surface area (Å²) in [5, 5.41) is 1.36. The van der Waals surface area contributed by atoms with E-state index in [1.165, 1.54) is 6.08 Å². The normalized spacial score (nSPS) is 16.3. The van der Waals surface area contributed by atoms with E-state index in [2.05, 4.69) is 38.3 Å². The Bertz CT molecular complexity index is 1890. The fourth-order valence-corrected chi connectivity index (χ4v) is 6.83. The van der Waals surface area contributed by atoms with Crippen LogP contribution in [0.4, 0.5) is 11.5 Å². The molecule has 2 aromatic carbocycles. The molecule has 8 nitrogen and oxygen atoms in total. The predicted octanol–water partition coefficient (Wildman–Crippen LogP) is 6.32. The van der Waals surface area contributed by atoms with Crippen molar-refractivity contribution >= 4 is 46.1 Å². The average Bonchev–Trinajstić information content (AvgIpc) is 3.18. The van der Waals surface area contributed by atoms with E-state index in [1.54, 1.807) is 15.7 Å². The van der Waals surface area contributed by atoms with Crippen molar-refractivity contribution in [3.05, 3.63) is 87.1 Å². The third-order valence-electron chi connectivity index (χ3n) is 8.55. The van der Waals surface area contributed by atoms with Crippen molar-refractivity contribution in [1.82, 2.24) is 19.4 Å². The van der Waals surface area contributed by atoms with E-state index in [4.69, 9.17) is 26.6 Å². The minimum Gasteiger partial charge on any atom is -0.350 e. The van der Waals surface area contributed by atoms with E-state index < -0.39 is 0 Å². The van der Waals surface area contributed by atoms with Crippen LogP contribution >= 0.6 is 11.6 Å². The Balaban J connectivity index is 1.72. The predicted molar refractivity (Wildman–Crippen MR) is 175 cm³/mol. The maximum atomic E-state index is 14.4. The smallest absolute Gasteiger partial charge is 0.350 e. The van der Waals surface area contributed by atoms with Gasteiger partial charge in [0, 0.05) is 66.0 Å². The number of benzene rings is 2.